The van der Waals surface area contributed by atoms with Gasteiger partial charge in [0.2, 0.25) is 0 Å². The minimum absolute atomic E-state index is 0.332. The standard InChI is InChI=1S/C9H10BrNO2/c10-5-1-2-8-6(3-5)9(12)7(11)4-13-8/h1-3,7,9,12H,4,11H2/t7-,9+/m0/s1. The van der Waals surface area contributed by atoms with Gasteiger partial charge < -0.3 is 15.6 Å². The molecule has 2 atom stereocenters. The molecule has 0 saturated heterocycles. The molecule has 0 aliphatic carbocycles. The van der Waals surface area contributed by atoms with Crippen molar-refractivity contribution in [3.05, 3.63) is 28.2 Å². The quantitative estimate of drug-likeness (QED) is 0.721. The van der Waals surface area contributed by atoms with Crippen LogP contribution >= 0.6 is 15.9 Å². The number of ether oxygens (including phenoxy) is 1. The van der Waals surface area contributed by atoms with Crippen LogP contribution in [0.15, 0.2) is 22.7 Å². The summed E-state index contributed by atoms with van der Waals surface area (Å²) < 4.78 is 6.27. The molecular weight excluding hydrogens is 234 g/mol. The largest absolute Gasteiger partial charge is 0.491 e. The fourth-order valence-electron chi connectivity index (χ4n) is 1.39. The Hall–Kier alpha value is -0.580. The Balaban J connectivity index is 2.45. The Morgan fingerprint density at radius 3 is 3.08 bits per heavy atom. The molecular formula is C9H10BrNO2. The highest BCUT2D eigenvalue weighted by atomic mass is 79.9. The van der Waals surface area contributed by atoms with E-state index >= 15 is 0 Å². The highest BCUT2D eigenvalue weighted by molar-refractivity contribution is 9.10. The van der Waals surface area contributed by atoms with Gasteiger partial charge in [0.1, 0.15) is 18.5 Å². The van der Waals surface area contributed by atoms with Crippen molar-refractivity contribution in [3.63, 3.8) is 0 Å². The van der Waals surface area contributed by atoms with E-state index in [1.165, 1.54) is 0 Å². The van der Waals surface area contributed by atoms with Crippen molar-refractivity contribution in [2.45, 2.75) is 12.1 Å². The predicted octanol–water partition coefficient (Wildman–Crippen LogP) is 1.20. The fraction of sp³-hybridized carbons (Fsp3) is 0.333. The van der Waals surface area contributed by atoms with Crippen molar-refractivity contribution >= 4 is 15.9 Å². The lowest BCUT2D eigenvalue weighted by atomic mass is 10.0. The average Bonchev–Trinajstić information content (AvgIpc) is 2.12. The lowest BCUT2D eigenvalue weighted by molar-refractivity contribution is 0.0915. The van der Waals surface area contributed by atoms with E-state index < -0.39 is 6.10 Å². The third-order valence-electron chi connectivity index (χ3n) is 2.13. The van der Waals surface area contributed by atoms with Gasteiger partial charge in [0.05, 0.1) is 6.04 Å². The van der Waals surface area contributed by atoms with Crippen LogP contribution in [0.3, 0.4) is 0 Å². The van der Waals surface area contributed by atoms with Crippen LogP contribution in [0.5, 0.6) is 5.75 Å². The summed E-state index contributed by atoms with van der Waals surface area (Å²) in [4.78, 5) is 0. The van der Waals surface area contributed by atoms with Gasteiger partial charge >= 0.3 is 0 Å². The first kappa shape index (κ1) is 8.99. The number of halogens is 1. The van der Waals surface area contributed by atoms with Crippen LogP contribution in [0.1, 0.15) is 11.7 Å². The van der Waals surface area contributed by atoms with Gasteiger partial charge in [0.15, 0.2) is 0 Å². The molecule has 4 heteroatoms. The zero-order valence-corrected chi connectivity index (χ0v) is 8.49. The van der Waals surface area contributed by atoms with E-state index in [2.05, 4.69) is 15.9 Å². The van der Waals surface area contributed by atoms with E-state index in [4.69, 9.17) is 10.5 Å². The van der Waals surface area contributed by atoms with Crippen LogP contribution in [-0.2, 0) is 0 Å². The van der Waals surface area contributed by atoms with Crippen LogP contribution < -0.4 is 10.5 Å². The Labute approximate surface area is 84.6 Å². The number of nitrogens with two attached hydrogens (primary N) is 1. The summed E-state index contributed by atoms with van der Waals surface area (Å²) in [7, 11) is 0. The Morgan fingerprint density at radius 2 is 2.31 bits per heavy atom. The molecule has 0 bridgehead atoms. The molecule has 0 amide bonds. The minimum atomic E-state index is -0.624. The van der Waals surface area contributed by atoms with Crippen LogP contribution in [0.25, 0.3) is 0 Å². The third-order valence-corrected chi connectivity index (χ3v) is 2.62. The summed E-state index contributed by atoms with van der Waals surface area (Å²) in [6, 6.07) is 5.21. The Bertz CT molecular complexity index is 329. The Morgan fingerprint density at radius 1 is 1.54 bits per heavy atom. The molecule has 1 aliphatic rings. The van der Waals surface area contributed by atoms with Crippen molar-refractivity contribution in [2.75, 3.05) is 6.61 Å². The monoisotopic (exact) mass is 243 g/mol. The Kier molecular flexibility index (Phi) is 2.27. The summed E-state index contributed by atoms with van der Waals surface area (Å²) in [6.45, 7) is 0.371. The van der Waals surface area contributed by atoms with Crippen molar-refractivity contribution in [2.24, 2.45) is 5.73 Å². The molecule has 1 aromatic rings. The summed E-state index contributed by atoms with van der Waals surface area (Å²) in [6.07, 6.45) is -0.624. The predicted molar refractivity (Wildman–Crippen MR) is 52.6 cm³/mol. The van der Waals surface area contributed by atoms with Crippen molar-refractivity contribution < 1.29 is 9.84 Å². The maximum absolute atomic E-state index is 9.73. The molecule has 0 saturated carbocycles. The van der Waals surface area contributed by atoms with E-state index in [1.54, 1.807) is 0 Å². The van der Waals surface area contributed by atoms with Gasteiger partial charge in [-0.05, 0) is 18.2 Å². The van der Waals surface area contributed by atoms with Gasteiger partial charge in [-0.3, -0.25) is 0 Å². The second-order valence-electron chi connectivity index (χ2n) is 3.10. The smallest absolute Gasteiger partial charge is 0.125 e. The molecule has 0 aromatic heterocycles. The van der Waals surface area contributed by atoms with Gasteiger partial charge in [0, 0.05) is 10.0 Å². The van der Waals surface area contributed by atoms with Gasteiger partial charge in [0.25, 0.3) is 0 Å². The number of aliphatic hydroxyl groups excluding tert-OH is 1. The molecule has 3 nitrogen and oxygen atoms in total. The third kappa shape index (κ3) is 1.57. The maximum atomic E-state index is 9.73. The molecule has 2 rings (SSSR count). The second-order valence-corrected chi connectivity index (χ2v) is 4.02. The molecule has 1 aliphatic heterocycles. The molecule has 0 radical (unpaired) electrons. The number of hydrogen-bond donors (Lipinski definition) is 2. The van der Waals surface area contributed by atoms with Crippen molar-refractivity contribution in [1.29, 1.82) is 0 Å². The van der Waals surface area contributed by atoms with E-state index in [0.29, 0.717) is 6.61 Å². The molecule has 13 heavy (non-hydrogen) atoms. The van der Waals surface area contributed by atoms with Crippen LogP contribution in [0.2, 0.25) is 0 Å². The second kappa shape index (κ2) is 3.29. The molecule has 1 heterocycles. The number of benzene rings is 1. The average molecular weight is 244 g/mol. The maximum Gasteiger partial charge on any atom is 0.125 e. The SMILES string of the molecule is N[C@H]1COc2ccc(Br)cc2[C@H]1O. The summed E-state index contributed by atoms with van der Waals surface area (Å²) in [5.41, 5.74) is 6.41. The topological polar surface area (TPSA) is 55.5 Å². The number of fused-ring (bicyclic) bond motifs is 1. The molecule has 1 aromatic carbocycles. The first-order valence-electron chi connectivity index (χ1n) is 4.04. The zero-order chi connectivity index (χ0) is 9.42. The fourth-order valence-corrected chi connectivity index (χ4v) is 1.77. The van der Waals surface area contributed by atoms with E-state index in [1.807, 2.05) is 18.2 Å². The summed E-state index contributed by atoms with van der Waals surface area (Å²) in [5, 5.41) is 9.73. The van der Waals surface area contributed by atoms with Gasteiger partial charge in [-0.1, -0.05) is 15.9 Å². The molecule has 0 fully saturated rings. The number of hydrogen-bond acceptors (Lipinski definition) is 3. The number of rotatable bonds is 0. The number of aliphatic hydroxyl groups is 1. The highest BCUT2D eigenvalue weighted by Crippen LogP contribution is 2.33. The van der Waals surface area contributed by atoms with Gasteiger partial charge in [-0.25, -0.2) is 0 Å². The summed E-state index contributed by atoms with van der Waals surface area (Å²) >= 11 is 3.33. The first-order chi connectivity index (χ1) is 6.18. The van der Waals surface area contributed by atoms with E-state index in [-0.39, 0.29) is 6.04 Å². The lowest BCUT2D eigenvalue weighted by Gasteiger charge is -2.27. The van der Waals surface area contributed by atoms with E-state index in [9.17, 15) is 5.11 Å². The van der Waals surface area contributed by atoms with Crippen molar-refractivity contribution in [3.8, 4) is 5.75 Å². The van der Waals surface area contributed by atoms with Crippen LogP contribution in [-0.4, -0.2) is 17.8 Å². The first-order valence-corrected chi connectivity index (χ1v) is 4.83. The van der Waals surface area contributed by atoms with Crippen LogP contribution in [0.4, 0.5) is 0 Å². The van der Waals surface area contributed by atoms with Crippen LogP contribution in [0, 0.1) is 0 Å². The molecule has 0 spiro atoms. The molecule has 0 unspecified atom stereocenters. The lowest BCUT2D eigenvalue weighted by Crippen LogP contribution is -2.38. The highest BCUT2D eigenvalue weighted by Gasteiger charge is 2.26. The van der Waals surface area contributed by atoms with Gasteiger partial charge in [-0.2, -0.15) is 0 Å². The zero-order valence-electron chi connectivity index (χ0n) is 6.90. The molecule has 3 N–H and O–H groups in total. The molecule has 70 valence electrons. The van der Waals surface area contributed by atoms with Crippen molar-refractivity contribution in [1.82, 2.24) is 0 Å². The summed E-state index contributed by atoms with van der Waals surface area (Å²) in [5.74, 6) is 0.720. The van der Waals surface area contributed by atoms with Gasteiger partial charge in [-0.15, -0.1) is 0 Å². The minimum Gasteiger partial charge on any atom is -0.491 e. The normalized spacial score (nSPS) is 26.4. The van der Waals surface area contributed by atoms with E-state index in [0.717, 1.165) is 15.8 Å².